The van der Waals surface area contributed by atoms with Crippen LogP contribution in [-0.2, 0) is 11.3 Å². The fourth-order valence-corrected chi connectivity index (χ4v) is 2.78. The zero-order valence-corrected chi connectivity index (χ0v) is 19.7. The molecule has 7 heteroatoms. The molecule has 0 heterocycles. The van der Waals surface area contributed by atoms with Crippen molar-refractivity contribution in [3.8, 4) is 5.75 Å². The zero-order chi connectivity index (χ0) is 20.4. The summed E-state index contributed by atoms with van der Waals surface area (Å²) in [7, 11) is 2.88. The number of benzene rings is 2. The number of carbonyl (C=O) groups is 1. The summed E-state index contributed by atoms with van der Waals surface area (Å²) >= 11 is 0. The summed E-state index contributed by atoms with van der Waals surface area (Å²) < 4.78 is 10.1. The van der Waals surface area contributed by atoms with Crippen LogP contribution in [-0.4, -0.2) is 39.2 Å². The van der Waals surface area contributed by atoms with E-state index in [1.807, 2.05) is 31.2 Å². The number of nitrogens with one attached hydrogen (secondary N) is 2. The Kier molecular flexibility index (Phi) is 11.1. The quantitative estimate of drug-likeness (QED) is 0.243. The topological polar surface area (TPSA) is 72.0 Å². The normalized spacial score (nSPS) is 11.8. The van der Waals surface area contributed by atoms with Crippen molar-refractivity contribution < 1.29 is 14.3 Å². The molecule has 0 aliphatic carbocycles. The van der Waals surface area contributed by atoms with Gasteiger partial charge in [0.25, 0.3) is 0 Å². The minimum atomic E-state index is -0.426. The number of ether oxygens (including phenoxy) is 2. The van der Waals surface area contributed by atoms with E-state index in [2.05, 4.69) is 34.7 Å². The third-order valence-corrected chi connectivity index (χ3v) is 4.38. The van der Waals surface area contributed by atoms with E-state index >= 15 is 0 Å². The first-order valence-electron chi connectivity index (χ1n) is 9.41. The molecule has 0 saturated carbocycles. The highest BCUT2D eigenvalue weighted by molar-refractivity contribution is 14.0. The van der Waals surface area contributed by atoms with Crippen LogP contribution in [0.1, 0.15) is 41.3 Å². The summed E-state index contributed by atoms with van der Waals surface area (Å²) in [5, 5.41) is 6.64. The number of aliphatic imine (C=N–C) groups is 1. The molecule has 2 aromatic rings. The number of nitrogens with zero attached hydrogens (tertiary/aromatic N) is 1. The van der Waals surface area contributed by atoms with E-state index in [9.17, 15) is 4.79 Å². The molecule has 0 radical (unpaired) electrons. The molecule has 0 bridgehead atoms. The lowest BCUT2D eigenvalue weighted by atomic mass is 10.0. The molecular weight excluding hydrogens is 481 g/mol. The van der Waals surface area contributed by atoms with Gasteiger partial charge in [-0.15, -0.1) is 24.0 Å². The van der Waals surface area contributed by atoms with Crippen LogP contribution in [0, 0.1) is 0 Å². The largest absolute Gasteiger partial charge is 0.496 e. The van der Waals surface area contributed by atoms with E-state index < -0.39 is 5.97 Å². The molecule has 0 amide bonds. The van der Waals surface area contributed by atoms with Crippen LogP contribution < -0.4 is 15.4 Å². The van der Waals surface area contributed by atoms with Gasteiger partial charge in [-0.2, -0.15) is 0 Å². The Hall–Kier alpha value is -2.29. The summed E-state index contributed by atoms with van der Waals surface area (Å²) in [6.07, 6.45) is 0. The van der Waals surface area contributed by atoms with Crippen LogP contribution in [0.4, 0.5) is 0 Å². The highest BCUT2D eigenvalue weighted by Crippen LogP contribution is 2.21. The minimum Gasteiger partial charge on any atom is -0.496 e. The SMILES string of the molecule is CCNC(=NCc1ccc(OC)c(C(=O)OC)c1)NCC(C)c1ccccc1.I. The highest BCUT2D eigenvalue weighted by atomic mass is 127. The first kappa shape index (κ1) is 24.7. The first-order valence-corrected chi connectivity index (χ1v) is 9.41. The van der Waals surface area contributed by atoms with Gasteiger partial charge < -0.3 is 20.1 Å². The molecule has 2 N–H and O–H groups in total. The molecule has 0 saturated heterocycles. The van der Waals surface area contributed by atoms with Crippen molar-refractivity contribution in [1.82, 2.24) is 10.6 Å². The number of methoxy groups -OCH3 is 2. The lowest BCUT2D eigenvalue weighted by Crippen LogP contribution is -2.39. The molecule has 1 unspecified atom stereocenters. The summed E-state index contributed by atoms with van der Waals surface area (Å²) in [6, 6.07) is 15.8. The minimum absolute atomic E-state index is 0. The van der Waals surface area contributed by atoms with Crippen LogP contribution in [0.15, 0.2) is 53.5 Å². The van der Waals surface area contributed by atoms with Gasteiger partial charge in [0, 0.05) is 13.1 Å². The van der Waals surface area contributed by atoms with Crippen molar-refractivity contribution in [1.29, 1.82) is 0 Å². The fourth-order valence-electron chi connectivity index (χ4n) is 2.78. The molecule has 0 fully saturated rings. The van der Waals surface area contributed by atoms with Gasteiger partial charge in [0.15, 0.2) is 5.96 Å². The molecule has 1 atom stereocenters. The Morgan fingerprint density at radius 1 is 1.10 bits per heavy atom. The van der Waals surface area contributed by atoms with Gasteiger partial charge in [-0.1, -0.05) is 43.3 Å². The van der Waals surface area contributed by atoms with Crippen molar-refractivity contribution in [3.05, 3.63) is 65.2 Å². The third kappa shape index (κ3) is 7.56. The Morgan fingerprint density at radius 2 is 1.83 bits per heavy atom. The van der Waals surface area contributed by atoms with Gasteiger partial charge in [0.05, 0.1) is 20.8 Å². The van der Waals surface area contributed by atoms with E-state index in [4.69, 9.17) is 9.47 Å². The van der Waals surface area contributed by atoms with E-state index in [0.717, 1.165) is 24.6 Å². The fraction of sp³-hybridized carbons (Fsp3) is 0.364. The molecule has 0 aliphatic heterocycles. The summed E-state index contributed by atoms with van der Waals surface area (Å²) in [5.74, 6) is 1.16. The predicted octanol–water partition coefficient (Wildman–Crippen LogP) is 3.96. The van der Waals surface area contributed by atoms with E-state index in [1.54, 1.807) is 12.1 Å². The van der Waals surface area contributed by atoms with Crippen LogP contribution in [0.25, 0.3) is 0 Å². The Morgan fingerprint density at radius 3 is 2.45 bits per heavy atom. The predicted molar refractivity (Wildman–Crippen MR) is 127 cm³/mol. The molecule has 6 nitrogen and oxygen atoms in total. The maximum atomic E-state index is 11.9. The average molecular weight is 511 g/mol. The molecule has 0 spiro atoms. The second kappa shape index (κ2) is 13.0. The number of hydrogen-bond donors (Lipinski definition) is 2. The number of rotatable bonds is 8. The van der Waals surface area contributed by atoms with Crippen LogP contribution in [0.2, 0.25) is 0 Å². The number of carbonyl (C=O) groups excluding carboxylic acids is 1. The van der Waals surface area contributed by atoms with Gasteiger partial charge >= 0.3 is 5.97 Å². The summed E-state index contributed by atoms with van der Waals surface area (Å²) in [4.78, 5) is 16.6. The van der Waals surface area contributed by atoms with Crippen molar-refractivity contribution in [2.75, 3.05) is 27.3 Å². The monoisotopic (exact) mass is 511 g/mol. The molecule has 0 aromatic heterocycles. The third-order valence-electron chi connectivity index (χ3n) is 4.38. The van der Waals surface area contributed by atoms with Gasteiger partial charge in [0.2, 0.25) is 0 Å². The van der Waals surface area contributed by atoms with Gasteiger partial charge in [-0.25, -0.2) is 9.79 Å². The van der Waals surface area contributed by atoms with Crippen LogP contribution in [0.3, 0.4) is 0 Å². The molecular formula is C22H30IN3O3. The second-order valence-electron chi connectivity index (χ2n) is 6.41. The van der Waals surface area contributed by atoms with Gasteiger partial charge in [-0.05, 0) is 36.1 Å². The Labute approximate surface area is 190 Å². The number of guanidine groups is 1. The number of hydrogen-bond acceptors (Lipinski definition) is 4. The van der Waals surface area contributed by atoms with Gasteiger partial charge in [0.1, 0.15) is 11.3 Å². The Balaban J connectivity index is 0.00000420. The number of halogens is 1. The maximum Gasteiger partial charge on any atom is 0.341 e. The van der Waals surface area contributed by atoms with Gasteiger partial charge in [-0.3, -0.25) is 0 Å². The lowest BCUT2D eigenvalue weighted by molar-refractivity contribution is 0.0597. The molecule has 0 aliphatic rings. The standard InChI is InChI=1S/C22H29N3O3.HI/c1-5-23-22(24-14-16(2)18-9-7-6-8-10-18)25-15-17-11-12-20(27-3)19(13-17)21(26)28-4;/h6-13,16H,5,14-15H2,1-4H3,(H2,23,24,25);1H. The maximum absolute atomic E-state index is 11.9. The molecule has 158 valence electrons. The molecule has 2 aromatic carbocycles. The summed E-state index contributed by atoms with van der Waals surface area (Å²) in [5.41, 5.74) is 2.58. The second-order valence-corrected chi connectivity index (χ2v) is 6.41. The lowest BCUT2D eigenvalue weighted by Gasteiger charge is -2.16. The van der Waals surface area contributed by atoms with Crippen molar-refractivity contribution >= 4 is 35.9 Å². The van der Waals surface area contributed by atoms with E-state index in [1.165, 1.54) is 19.8 Å². The van der Waals surface area contributed by atoms with Crippen molar-refractivity contribution in [3.63, 3.8) is 0 Å². The van der Waals surface area contributed by atoms with E-state index in [0.29, 0.717) is 23.8 Å². The first-order chi connectivity index (χ1) is 13.6. The highest BCUT2D eigenvalue weighted by Gasteiger charge is 2.13. The molecule has 29 heavy (non-hydrogen) atoms. The zero-order valence-electron chi connectivity index (χ0n) is 17.4. The van der Waals surface area contributed by atoms with Crippen LogP contribution in [0.5, 0.6) is 5.75 Å². The van der Waals surface area contributed by atoms with Crippen molar-refractivity contribution in [2.24, 2.45) is 4.99 Å². The summed E-state index contributed by atoms with van der Waals surface area (Å²) in [6.45, 7) is 6.18. The van der Waals surface area contributed by atoms with Crippen LogP contribution >= 0.6 is 24.0 Å². The Bertz CT molecular complexity index is 797. The smallest absolute Gasteiger partial charge is 0.341 e. The number of esters is 1. The van der Waals surface area contributed by atoms with E-state index in [-0.39, 0.29) is 24.0 Å². The molecule has 2 rings (SSSR count). The van der Waals surface area contributed by atoms with Crippen molar-refractivity contribution in [2.45, 2.75) is 26.3 Å². The average Bonchev–Trinajstić information content (AvgIpc) is 2.75.